The predicted molar refractivity (Wildman–Crippen MR) is 70.9 cm³/mol. The number of carbonyl (C=O) groups excluding carboxylic acids is 1. The van der Waals surface area contributed by atoms with Crippen LogP contribution in [-0.4, -0.2) is 64.1 Å². The molecule has 0 atom stereocenters. The number of amides is 1. The van der Waals surface area contributed by atoms with Gasteiger partial charge in [0.1, 0.15) is 0 Å². The van der Waals surface area contributed by atoms with E-state index >= 15 is 0 Å². The third-order valence-electron chi connectivity index (χ3n) is 3.34. The van der Waals surface area contributed by atoms with E-state index in [1.54, 1.807) is 29.4 Å². The molecule has 1 fully saturated rings. The summed E-state index contributed by atoms with van der Waals surface area (Å²) in [7, 11) is 2.04. The third-order valence-corrected chi connectivity index (χ3v) is 3.34. The minimum Gasteiger partial charge on any atom is -0.332 e. The van der Waals surface area contributed by atoms with Crippen LogP contribution in [0.4, 0.5) is 0 Å². The second-order valence-corrected chi connectivity index (χ2v) is 4.75. The van der Waals surface area contributed by atoms with Gasteiger partial charge in [-0.15, -0.1) is 0 Å². The molecule has 1 aliphatic rings. The molecule has 1 saturated heterocycles. The normalized spacial score (nSPS) is 16.4. The lowest BCUT2D eigenvalue weighted by atomic mass is 10.2. The number of aromatic nitrogens is 3. The highest BCUT2D eigenvalue weighted by atomic mass is 16.5. The summed E-state index contributed by atoms with van der Waals surface area (Å²) < 4.78 is 5.07. The molecule has 0 aromatic carbocycles. The molecule has 7 nitrogen and oxygen atoms in total. The fourth-order valence-corrected chi connectivity index (χ4v) is 2.07. The van der Waals surface area contributed by atoms with Gasteiger partial charge in [-0.05, 0) is 19.2 Å². The van der Waals surface area contributed by atoms with Gasteiger partial charge >= 0.3 is 11.8 Å². The number of rotatable bonds is 2. The summed E-state index contributed by atoms with van der Waals surface area (Å²) in [5.74, 6) is 0.247. The minimum atomic E-state index is -0.203. The predicted octanol–water partition coefficient (Wildman–Crippen LogP) is 0.519. The van der Waals surface area contributed by atoms with Crippen LogP contribution in [0.2, 0.25) is 0 Å². The van der Waals surface area contributed by atoms with E-state index in [-0.39, 0.29) is 11.8 Å². The van der Waals surface area contributed by atoms with Crippen LogP contribution in [0.15, 0.2) is 29.0 Å². The van der Waals surface area contributed by atoms with Crippen molar-refractivity contribution in [2.75, 3.05) is 33.2 Å². The number of hydrogen-bond donors (Lipinski definition) is 0. The smallest absolute Gasteiger partial charge is 0.316 e. The van der Waals surface area contributed by atoms with E-state index in [1.165, 1.54) is 0 Å². The second kappa shape index (κ2) is 5.38. The van der Waals surface area contributed by atoms with Gasteiger partial charge in [0.25, 0.3) is 0 Å². The zero-order valence-electron chi connectivity index (χ0n) is 11.2. The number of carbonyl (C=O) groups is 1. The van der Waals surface area contributed by atoms with Crippen LogP contribution in [0.5, 0.6) is 0 Å². The van der Waals surface area contributed by atoms with Crippen LogP contribution in [0, 0.1) is 0 Å². The number of likely N-dealkylation sites (N-methyl/N-ethyl adjacent to an activating group) is 1. The van der Waals surface area contributed by atoms with E-state index in [0.717, 1.165) is 18.7 Å². The highest BCUT2D eigenvalue weighted by molar-refractivity contribution is 5.90. The van der Waals surface area contributed by atoms with Gasteiger partial charge in [0.05, 0.1) is 0 Å². The Morgan fingerprint density at radius 1 is 1.20 bits per heavy atom. The van der Waals surface area contributed by atoms with Crippen LogP contribution in [0.3, 0.4) is 0 Å². The van der Waals surface area contributed by atoms with Gasteiger partial charge in [-0.2, -0.15) is 4.98 Å². The quantitative estimate of drug-likeness (QED) is 0.794. The fraction of sp³-hybridized carbons (Fsp3) is 0.385. The number of nitrogens with zero attached hydrogens (tertiary/aromatic N) is 5. The molecule has 3 rings (SSSR count). The molecule has 1 aliphatic heterocycles. The van der Waals surface area contributed by atoms with Gasteiger partial charge in [0, 0.05) is 44.1 Å². The molecule has 0 N–H and O–H groups in total. The molecular weight excluding hydrogens is 258 g/mol. The highest BCUT2D eigenvalue weighted by Crippen LogP contribution is 2.15. The largest absolute Gasteiger partial charge is 0.332 e. The number of hydrogen-bond acceptors (Lipinski definition) is 6. The van der Waals surface area contributed by atoms with Crippen molar-refractivity contribution in [1.82, 2.24) is 24.9 Å². The first-order chi connectivity index (χ1) is 9.74. The van der Waals surface area contributed by atoms with Crippen molar-refractivity contribution in [3.63, 3.8) is 0 Å². The molecule has 3 heterocycles. The van der Waals surface area contributed by atoms with Gasteiger partial charge in [-0.25, -0.2) is 0 Å². The van der Waals surface area contributed by atoms with Crippen molar-refractivity contribution in [3.8, 4) is 11.4 Å². The topological polar surface area (TPSA) is 75.4 Å². The maximum atomic E-state index is 12.2. The van der Waals surface area contributed by atoms with Crippen LogP contribution in [0.25, 0.3) is 11.4 Å². The Morgan fingerprint density at radius 2 is 1.90 bits per heavy atom. The lowest BCUT2D eigenvalue weighted by Crippen LogP contribution is -2.47. The Balaban J connectivity index is 1.75. The van der Waals surface area contributed by atoms with Crippen LogP contribution in [-0.2, 0) is 0 Å². The van der Waals surface area contributed by atoms with E-state index in [2.05, 4.69) is 20.0 Å². The van der Waals surface area contributed by atoms with E-state index in [1.807, 2.05) is 7.05 Å². The van der Waals surface area contributed by atoms with E-state index in [0.29, 0.717) is 18.9 Å². The van der Waals surface area contributed by atoms with Gasteiger partial charge in [0.15, 0.2) is 0 Å². The first-order valence-electron chi connectivity index (χ1n) is 6.46. The average molecular weight is 273 g/mol. The molecule has 0 bridgehead atoms. The fourth-order valence-electron chi connectivity index (χ4n) is 2.07. The molecular formula is C13H15N5O2. The van der Waals surface area contributed by atoms with Crippen molar-refractivity contribution in [3.05, 3.63) is 30.4 Å². The molecule has 0 saturated carbocycles. The second-order valence-electron chi connectivity index (χ2n) is 4.75. The number of pyridine rings is 1. The van der Waals surface area contributed by atoms with Crippen molar-refractivity contribution in [2.45, 2.75) is 0 Å². The third kappa shape index (κ3) is 2.53. The van der Waals surface area contributed by atoms with E-state index in [4.69, 9.17) is 4.52 Å². The Morgan fingerprint density at radius 3 is 2.60 bits per heavy atom. The Kier molecular flexibility index (Phi) is 3.42. The maximum Gasteiger partial charge on any atom is 0.316 e. The summed E-state index contributed by atoms with van der Waals surface area (Å²) in [5.41, 5.74) is 0.779. The Hall–Kier alpha value is -2.28. The zero-order chi connectivity index (χ0) is 13.9. The van der Waals surface area contributed by atoms with Crippen LogP contribution in [0.1, 0.15) is 10.7 Å². The van der Waals surface area contributed by atoms with Crippen molar-refractivity contribution >= 4 is 5.91 Å². The van der Waals surface area contributed by atoms with Gasteiger partial charge in [-0.1, -0.05) is 5.16 Å². The maximum absolute atomic E-state index is 12.2. The zero-order valence-corrected chi connectivity index (χ0v) is 11.2. The van der Waals surface area contributed by atoms with Crippen LogP contribution >= 0.6 is 0 Å². The molecule has 104 valence electrons. The SMILES string of the molecule is CN1CCN(C(=O)c2nc(-c3ccncc3)no2)CC1. The summed E-state index contributed by atoms with van der Waals surface area (Å²) >= 11 is 0. The Labute approximate surface area is 116 Å². The molecule has 0 unspecified atom stereocenters. The van der Waals surface area contributed by atoms with E-state index in [9.17, 15) is 4.79 Å². The molecule has 1 amide bonds. The molecule has 0 aliphatic carbocycles. The minimum absolute atomic E-state index is 0.0429. The molecule has 2 aromatic heterocycles. The molecule has 20 heavy (non-hydrogen) atoms. The van der Waals surface area contributed by atoms with Gasteiger partial charge in [-0.3, -0.25) is 9.78 Å². The molecule has 7 heteroatoms. The average Bonchev–Trinajstić information content (AvgIpc) is 2.98. The summed E-state index contributed by atoms with van der Waals surface area (Å²) in [6.45, 7) is 3.08. The number of piperazine rings is 1. The molecule has 0 radical (unpaired) electrons. The van der Waals surface area contributed by atoms with Crippen molar-refractivity contribution < 1.29 is 9.32 Å². The lowest BCUT2D eigenvalue weighted by molar-refractivity contribution is 0.0615. The first kappa shape index (κ1) is 12.7. The molecule has 0 spiro atoms. The molecule has 2 aromatic rings. The lowest BCUT2D eigenvalue weighted by Gasteiger charge is -2.31. The van der Waals surface area contributed by atoms with Gasteiger partial charge in [0.2, 0.25) is 5.82 Å². The first-order valence-corrected chi connectivity index (χ1v) is 6.46. The van der Waals surface area contributed by atoms with Crippen molar-refractivity contribution in [2.24, 2.45) is 0 Å². The highest BCUT2D eigenvalue weighted by Gasteiger charge is 2.25. The summed E-state index contributed by atoms with van der Waals surface area (Å²) in [6, 6.07) is 3.55. The standard InChI is InChI=1S/C13H15N5O2/c1-17-6-8-18(9-7-17)13(19)12-15-11(16-20-12)10-2-4-14-5-3-10/h2-5H,6-9H2,1H3. The summed E-state index contributed by atoms with van der Waals surface area (Å²) in [6.07, 6.45) is 3.29. The Bertz CT molecular complexity index is 590. The van der Waals surface area contributed by atoms with Gasteiger partial charge < -0.3 is 14.3 Å². The van der Waals surface area contributed by atoms with Crippen molar-refractivity contribution in [1.29, 1.82) is 0 Å². The summed E-state index contributed by atoms with van der Waals surface area (Å²) in [5, 5.41) is 3.85. The summed E-state index contributed by atoms with van der Waals surface area (Å²) in [4.78, 5) is 24.3. The van der Waals surface area contributed by atoms with Crippen LogP contribution < -0.4 is 0 Å². The monoisotopic (exact) mass is 273 g/mol. The van der Waals surface area contributed by atoms with E-state index < -0.39 is 0 Å².